The van der Waals surface area contributed by atoms with Crippen LogP contribution in [0.15, 0.2) is 18.2 Å². The van der Waals surface area contributed by atoms with E-state index in [1.165, 1.54) is 19.3 Å². The molecule has 1 aromatic rings. The van der Waals surface area contributed by atoms with Gasteiger partial charge < -0.3 is 10.8 Å². The van der Waals surface area contributed by atoms with Gasteiger partial charge in [-0.2, -0.15) is 0 Å². The molecule has 1 fully saturated rings. The fourth-order valence-electron chi connectivity index (χ4n) is 2.96. The molecular weight excluding hydrogens is 240 g/mol. The van der Waals surface area contributed by atoms with Crippen molar-refractivity contribution < 1.29 is 9.90 Å². The minimum absolute atomic E-state index is 0.267. The number of aromatic carboxylic acids is 1. The summed E-state index contributed by atoms with van der Waals surface area (Å²) < 4.78 is 0. The average Bonchev–Trinajstić information content (AvgIpc) is 2.39. The number of anilines is 1. The summed E-state index contributed by atoms with van der Waals surface area (Å²) in [6, 6.07) is 5.93. The maximum Gasteiger partial charge on any atom is 0.338 e. The first kappa shape index (κ1) is 13.9. The highest BCUT2D eigenvalue weighted by molar-refractivity contribution is 5.95. The summed E-state index contributed by atoms with van der Waals surface area (Å²) in [4.78, 5) is 13.7. The van der Waals surface area contributed by atoms with Gasteiger partial charge in [0.15, 0.2) is 0 Å². The van der Waals surface area contributed by atoms with Crippen molar-refractivity contribution >= 4 is 11.7 Å². The fraction of sp³-hybridized carbons (Fsp3) is 0.533. The Bertz CT molecular complexity index is 459. The first-order chi connectivity index (χ1) is 9.13. The van der Waals surface area contributed by atoms with E-state index in [1.54, 1.807) is 6.07 Å². The van der Waals surface area contributed by atoms with Crippen molar-refractivity contribution in [2.45, 2.75) is 45.2 Å². The van der Waals surface area contributed by atoms with Crippen LogP contribution >= 0.6 is 0 Å². The minimum atomic E-state index is -0.932. The number of carbonyl (C=O) groups is 1. The molecule has 0 bridgehead atoms. The molecule has 1 heterocycles. The van der Waals surface area contributed by atoms with Crippen molar-refractivity contribution in [3.63, 3.8) is 0 Å². The lowest BCUT2D eigenvalue weighted by molar-refractivity contribution is 0.0693. The number of hydrogen-bond acceptors (Lipinski definition) is 3. The number of nitrogen functional groups attached to an aromatic ring is 1. The molecule has 1 unspecified atom stereocenters. The van der Waals surface area contributed by atoms with E-state index in [-0.39, 0.29) is 5.56 Å². The van der Waals surface area contributed by atoms with Crippen LogP contribution in [-0.4, -0.2) is 28.6 Å². The van der Waals surface area contributed by atoms with Crippen LogP contribution in [0.3, 0.4) is 0 Å². The van der Waals surface area contributed by atoms with Crippen molar-refractivity contribution in [3.8, 4) is 0 Å². The van der Waals surface area contributed by atoms with Crippen LogP contribution in [0, 0.1) is 0 Å². The van der Waals surface area contributed by atoms with E-state index in [0.717, 1.165) is 18.5 Å². The van der Waals surface area contributed by atoms with Crippen LogP contribution < -0.4 is 5.73 Å². The van der Waals surface area contributed by atoms with Gasteiger partial charge in [-0.25, -0.2) is 4.79 Å². The van der Waals surface area contributed by atoms with Gasteiger partial charge in [-0.15, -0.1) is 0 Å². The molecule has 4 nitrogen and oxygen atoms in total. The molecule has 0 amide bonds. The summed E-state index contributed by atoms with van der Waals surface area (Å²) in [5.74, 6) is -0.932. The number of nitrogens with two attached hydrogens (primary N) is 1. The van der Waals surface area contributed by atoms with Crippen LogP contribution in [0.1, 0.15) is 48.5 Å². The largest absolute Gasteiger partial charge is 0.478 e. The van der Waals surface area contributed by atoms with E-state index >= 15 is 0 Å². The molecule has 0 aliphatic carbocycles. The zero-order chi connectivity index (χ0) is 13.8. The Kier molecular flexibility index (Phi) is 4.43. The van der Waals surface area contributed by atoms with E-state index < -0.39 is 5.97 Å². The van der Waals surface area contributed by atoms with Crippen LogP contribution in [0.4, 0.5) is 5.69 Å². The molecule has 0 aromatic heterocycles. The molecule has 0 spiro atoms. The van der Waals surface area contributed by atoms with E-state index in [2.05, 4.69) is 11.8 Å². The van der Waals surface area contributed by atoms with Gasteiger partial charge >= 0.3 is 5.97 Å². The molecule has 1 saturated heterocycles. The first-order valence-electron chi connectivity index (χ1n) is 6.98. The van der Waals surface area contributed by atoms with Crippen LogP contribution in [0.25, 0.3) is 0 Å². The maximum atomic E-state index is 11.3. The van der Waals surface area contributed by atoms with Crippen molar-refractivity contribution in [2.75, 3.05) is 12.3 Å². The van der Waals surface area contributed by atoms with Crippen molar-refractivity contribution in [2.24, 2.45) is 0 Å². The van der Waals surface area contributed by atoms with Crippen LogP contribution in [0.2, 0.25) is 0 Å². The summed E-state index contributed by atoms with van der Waals surface area (Å²) in [7, 11) is 0. The Morgan fingerprint density at radius 2 is 2.26 bits per heavy atom. The summed E-state index contributed by atoms with van der Waals surface area (Å²) in [5, 5.41) is 9.30. The predicted octanol–water partition coefficient (Wildman–Crippen LogP) is 2.73. The molecule has 19 heavy (non-hydrogen) atoms. The Morgan fingerprint density at radius 3 is 2.95 bits per heavy atom. The van der Waals surface area contributed by atoms with Crippen LogP contribution in [0.5, 0.6) is 0 Å². The van der Waals surface area contributed by atoms with Crippen molar-refractivity contribution in [3.05, 3.63) is 29.3 Å². The summed E-state index contributed by atoms with van der Waals surface area (Å²) in [5.41, 5.74) is 7.25. The highest BCUT2D eigenvalue weighted by Crippen LogP contribution is 2.25. The molecule has 3 N–H and O–H groups in total. The molecule has 1 atom stereocenters. The summed E-state index contributed by atoms with van der Waals surface area (Å²) in [6.07, 6.45) is 4.80. The number of benzene rings is 1. The normalized spacial score (nSPS) is 20.4. The third kappa shape index (κ3) is 3.07. The number of nitrogens with zero attached hydrogens (tertiary/aromatic N) is 1. The maximum absolute atomic E-state index is 11.3. The average molecular weight is 262 g/mol. The quantitative estimate of drug-likeness (QED) is 0.819. The minimum Gasteiger partial charge on any atom is -0.478 e. The second-order valence-electron chi connectivity index (χ2n) is 5.21. The van der Waals surface area contributed by atoms with Crippen molar-refractivity contribution in [1.82, 2.24) is 4.90 Å². The number of likely N-dealkylation sites (tertiary alicyclic amines) is 1. The summed E-state index contributed by atoms with van der Waals surface area (Å²) in [6.45, 7) is 3.93. The number of carboxylic acids is 1. The van der Waals surface area contributed by atoms with E-state index in [0.29, 0.717) is 18.3 Å². The Hall–Kier alpha value is -1.55. The fourth-order valence-corrected chi connectivity index (χ4v) is 2.96. The standard InChI is InChI=1S/C15H22N2O2/c1-2-12-7-3-4-9-17(12)10-11-6-5-8-13(16)14(11)15(18)19/h5-6,8,12H,2-4,7,9-10,16H2,1H3,(H,18,19). The Labute approximate surface area is 114 Å². The molecule has 4 heteroatoms. The monoisotopic (exact) mass is 262 g/mol. The SMILES string of the molecule is CCC1CCCCN1Cc1cccc(N)c1C(=O)O. The van der Waals surface area contributed by atoms with Gasteiger partial charge in [0.2, 0.25) is 0 Å². The van der Waals surface area contributed by atoms with Gasteiger partial charge in [0.05, 0.1) is 5.56 Å². The molecule has 2 rings (SSSR count). The molecule has 104 valence electrons. The van der Waals surface area contributed by atoms with E-state index in [9.17, 15) is 9.90 Å². The second-order valence-corrected chi connectivity index (χ2v) is 5.21. The second kappa shape index (κ2) is 6.06. The molecule has 1 aromatic carbocycles. The number of hydrogen-bond donors (Lipinski definition) is 2. The predicted molar refractivity (Wildman–Crippen MR) is 76.2 cm³/mol. The lowest BCUT2D eigenvalue weighted by Crippen LogP contribution is -2.38. The van der Waals surface area contributed by atoms with Gasteiger partial charge in [-0.05, 0) is 37.4 Å². The third-order valence-corrected chi connectivity index (χ3v) is 3.99. The van der Waals surface area contributed by atoms with E-state index in [4.69, 9.17) is 5.73 Å². The third-order valence-electron chi connectivity index (χ3n) is 3.99. The topological polar surface area (TPSA) is 66.6 Å². The summed E-state index contributed by atoms with van der Waals surface area (Å²) >= 11 is 0. The van der Waals surface area contributed by atoms with Gasteiger partial charge in [0.25, 0.3) is 0 Å². The molecule has 0 saturated carbocycles. The van der Waals surface area contributed by atoms with Crippen molar-refractivity contribution in [1.29, 1.82) is 0 Å². The molecular formula is C15H22N2O2. The smallest absolute Gasteiger partial charge is 0.338 e. The molecule has 0 radical (unpaired) electrons. The molecule has 1 aliphatic heterocycles. The van der Waals surface area contributed by atoms with Gasteiger partial charge in [-0.3, -0.25) is 4.90 Å². The molecule has 1 aliphatic rings. The Balaban J connectivity index is 2.22. The first-order valence-corrected chi connectivity index (χ1v) is 6.98. The van der Waals surface area contributed by atoms with Gasteiger partial charge in [-0.1, -0.05) is 25.5 Å². The lowest BCUT2D eigenvalue weighted by atomic mass is 9.97. The van der Waals surface area contributed by atoms with Gasteiger partial charge in [0, 0.05) is 18.3 Å². The highest BCUT2D eigenvalue weighted by Gasteiger charge is 2.23. The Morgan fingerprint density at radius 1 is 1.47 bits per heavy atom. The van der Waals surface area contributed by atoms with Gasteiger partial charge in [0.1, 0.15) is 0 Å². The zero-order valence-corrected chi connectivity index (χ0v) is 11.4. The number of rotatable bonds is 4. The number of carboxylic acid groups (broad SMARTS) is 1. The lowest BCUT2D eigenvalue weighted by Gasteiger charge is -2.35. The zero-order valence-electron chi connectivity index (χ0n) is 11.4. The van der Waals surface area contributed by atoms with Crippen LogP contribution in [-0.2, 0) is 6.54 Å². The highest BCUT2D eigenvalue weighted by atomic mass is 16.4. The number of piperidine rings is 1. The van der Waals surface area contributed by atoms with E-state index in [1.807, 2.05) is 12.1 Å².